The third kappa shape index (κ3) is 4.90. The molecule has 0 spiro atoms. The lowest BCUT2D eigenvalue weighted by molar-refractivity contribution is -0.133. The Bertz CT molecular complexity index is 1320. The van der Waals surface area contributed by atoms with Crippen molar-refractivity contribution in [3.8, 4) is 0 Å². The van der Waals surface area contributed by atoms with Crippen molar-refractivity contribution in [3.63, 3.8) is 0 Å². The number of fused-ring (bicyclic) bond motifs is 1. The second-order valence-corrected chi connectivity index (χ2v) is 8.62. The second kappa shape index (κ2) is 9.37. The van der Waals surface area contributed by atoms with Gasteiger partial charge in [-0.25, -0.2) is 4.68 Å². The van der Waals surface area contributed by atoms with E-state index < -0.39 is 17.7 Å². The van der Waals surface area contributed by atoms with Crippen molar-refractivity contribution in [2.45, 2.75) is 0 Å². The topological polar surface area (TPSA) is 92.2 Å². The number of carbonyl (C=O) groups is 3. The molecule has 0 radical (unpaired) electrons. The fraction of sp³-hybridized carbons (Fsp3) is 0. The molecule has 0 bridgehead atoms. The van der Waals surface area contributed by atoms with Crippen LogP contribution < -0.4 is 16.1 Å². The first-order valence-corrected chi connectivity index (χ1v) is 11.0. The predicted molar refractivity (Wildman–Crippen MR) is 131 cm³/mol. The minimum atomic E-state index is -0.915. The number of nitrogens with one attached hydrogen (secondary N) is 3. The number of amides is 3. The van der Waals surface area contributed by atoms with Crippen LogP contribution >= 0.6 is 31.9 Å². The van der Waals surface area contributed by atoms with Crippen LogP contribution in [0.5, 0.6) is 0 Å². The normalized spacial score (nSPS) is 10.6. The molecule has 3 N–H and O–H groups in total. The lowest BCUT2D eigenvalue weighted by Gasteiger charge is -2.13. The van der Waals surface area contributed by atoms with Gasteiger partial charge in [0.05, 0.1) is 5.52 Å². The maximum Gasteiger partial charge on any atom is 0.328 e. The molecule has 0 fully saturated rings. The van der Waals surface area contributed by atoms with Gasteiger partial charge in [-0.05, 0) is 60.7 Å². The Morgan fingerprint density at radius 2 is 1.34 bits per heavy atom. The Morgan fingerprint density at radius 1 is 0.688 bits per heavy atom. The summed E-state index contributed by atoms with van der Waals surface area (Å²) in [7, 11) is 0. The van der Waals surface area contributed by atoms with E-state index in [-0.39, 0.29) is 5.69 Å². The van der Waals surface area contributed by atoms with E-state index in [0.717, 1.165) is 8.95 Å². The summed E-state index contributed by atoms with van der Waals surface area (Å²) >= 11 is 6.73. The third-order valence-corrected chi connectivity index (χ3v) is 5.57. The zero-order valence-electron chi connectivity index (χ0n) is 16.4. The van der Waals surface area contributed by atoms with Crippen molar-refractivity contribution in [1.82, 2.24) is 4.68 Å². The smallest absolute Gasteiger partial charge is 0.321 e. The molecule has 0 aliphatic rings. The van der Waals surface area contributed by atoms with Crippen LogP contribution in [0.1, 0.15) is 10.5 Å². The van der Waals surface area contributed by atoms with E-state index in [9.17, 15) is 14.4 Å². The van der Waals surface area contributed by atoms with Gasteiger partial charge in [0.25, 0.3) is 5.91 Å². The largest absolute Gasteiger partial charge is 0.328 e. The molecular weight excluding hydrogens is 540 g/mol. The molecule has 4 aromatic rings. The molecule has 7 nitrogen and oxygen atoms in total. The Labute approximate surface area is 200 Å². The molecule has 3 aromatic carbocycles. The monoisotopic (exact) mass is 554 g/mol. The van der Waals surface area contributed by atoms with Crippen LogP contribution in [0.2, 0.25) is 0 Å². The number of anilines is 2. The average Bonchev–Trinajstić information content (AvgIpc) is 3.13. The summed E-state index contributed by atoms with van der Waals surface area (Å²) in [4.78, 5) is 38.0. The molecule has 0 atom stereocenters. The minimum Gasteiger partial charge on any atom is -0.321 e. The van der Waals surface area contributed by atoms with Crippen LogP contribution in [0.25, 0.3) is 10.9 Å². The number of para-hydroxylation sites is 1. The number of hydrogen-bond donors (Lipinski definition) is 3. The number of nitrogens with zero attached hydrogens (tertiary/aromatic N) is 1. The summed E-state index contributed by atoms with van der Waals surface area (Å²) in [5.41, 5.74) is 4.35. The average molecular weight is 556 g/mol. The quantitative estimate of drug-likeness (QED) is 0.305. The molecule has 3 amide bonds. The molecule has 0 aliphatic carbocycles. The van der Waals surface area contributed by atoms with Gasteiger partial charge in [-0.3, -0.25) is 19.8 Å². The summed E-state index contributed by atoms with van der Waals surface area (Å²) in [5, 5.41) is 6.04. The van der Waals surface area contributed by atoms with Crippen LogP contribution in [-0.2, 0) is 9.59 Å². The van der Waals surface area contributed by atoms with Gasteiger partial charge in [-0.2, -0.15) is 0 Å². The van der Waals surface area contributed by atoms with Gasteiger partial charge >= 0.3 is 11.8 Å². The molecule has 0 unspecified atom stereocenters. The lowest BCUT2D eigenvalue weighted by Crippen LogP contribution is -2.36. The highest BCUT2D eigenvalue weighted by atomic mass is 79.9. The maximum atomic E-state index is 13.0. The summed E-state index contributed by atoms with van der Waals surface area (Å²) in [6.45, 7) is 0. The van der Waals surface area contributed by atoms with Gasteiger partial charge in [0.15, 0.2) is 0 Å². The van der Waals surface area contributed by atoms with E-state index in [1.165, 1.54) is 4.68 Å². The van der Waals surface area contributed by atoms with Crippen LogP contribution in [0.4, 0.5) is 11.4 Å². The van der Waals surface area contributed by atoms with Crippen molar-refractivity contribution in [3.05, 3.63) is 93.5 Å². The van der Waals surface area contributed by atoms with Crippen molar-refractivity contribution in [2.75, 3.05) is 16.1 Å². The SMILES string of the molecule is O=C(Nc1ccc(Br)cc1)C(=O)Nn1c(C(=O)Nc2ccccc2)cc2cc(Br)ccc21. The Morgan fingerprint density at radius 3 is 2.06 bits per heavy atom. The Kier molecular flexibility index (Phi) is 6.38. The van der Waals surface area contributed by atoms with Crippen LogP contribution in [0.3, 0.4) is 0 Å². The van der Waals surface area contributed by atoms with Gasteiger partial charge < -0.3 is 10.6 Å². The van der Waals surface area contributed by atoms with Crippen molar-refractivity contribution in [1.29, 1.82) is 0 Å². The predicted octanol–water partition coefficient (Wildman–Crippen LogP) is 5.13. The highest BCUT2D eigenvalue weighted by Crippen LogP contribution is 2.24. The van der Waals surface area contributed by atoms with Crippen LogP contribution in [0, 0.1) is 0 Å². The summed E-state index contributed by atoms with van der Waals surface area (Å²) in [6, 6.07) is 22.8. The van der Waals surface area contributed by atoms with Crippen molar-refractivity contribution in [2.24, 2.45) is 0 Å². The Hall–Kier alpha value is -3.43. The fourth-order valence-electron chi connectivity index (χ4n) is 3.06. The van der Waals surface area contributed by atoms with E-state index in [1.54, 1.807) is 66.7 Å². The number of hydrogen-bond acceptors (Lipinski definition) is 3. The zero-order valence-corrected chi connectivity index (χ0v) is 19.6. The molecule has 0 aliphatic heterocycles. The van der Waals surface area contributed by atoms with Gasteiger partial charge in [0.2, 0.25) is 0 Å². The number of carbonyl (C=O) groups excluding carboxylic acids is 3. The standard InChI is InChI=1S/C23H16Br2N4O3/c24-15-6-9-18(10-7-15)27-22(31)23(32)28-29-19-11-8-16(25)12-14(19)13-20(29)21(30)26-17-4-2-1-3-5-17/h1-13H,(H,26,30)(H,27,31)(H,28,32). The first-order chi connectivity index (χ1) is 15.4. The highest BCUT2D eigenvalue weighted by Gasteiger charge is 2.21. The van der Waals surface area contributed by atoms with E-state index in [0.29, 0.717) is 22.3 Å². The fourth-order valence-corrected chi connectivity index (χ4v) is 3.71. The van der Waals surface area contributed by atoms with E-state index in [4.69, 9.17) is 0 Å². The van der Waals surface area contributed by atoms with Crippen molar-refractivity contribution < 1.29 is 14.4 Å². The zero-order chi connectivity index (χ0) is 22.7. The first kappa shape index (κ1) is 21.8. The summed E-state index contributed by atoms with van der Waals surface area (Å²) in [5.74, 6) is -2.21. The first-order valence-electron chi connectivity index (χ1n) is 9.46. The van der Waals surface area contributed by atoms with E-state index >= 15 is 0 Å². The molecule has 1 heterocycles. The highest BCUT2D eigenvalue weighted by molar-refractivity contribution is 9.10. The Balaban J connectivity index is 1.62. The lowest BCUT2D eigenvalue weighted by atomic mass is 10.2. The summed E-state index contributed by atoms with van der Waals surface area (Å²) < 4.78 is 2.97. The number of rotatable bonds is 4. The van der Waals surface area contributed by atoms with E-state index in [1.807, 2.05) is 12.1 Å². The molecule has 4 rings (SSSR count). The summed E-state index contributed by atoms with van der Waals surface area (Å²) in [6.07, 6.45) is 0. The molecule has 160 valence electrons. The molecule has 0 saturated carbocycles. The molecule has 32 heavy (non-hydrogen) atoms. The third-order valence-electron chi connectivity index (χ3n) is 4.55. The maximum absolute atomic E-state index is 13.0. The molecule has 9 heteroatoms. The van der Waals surface area contributed by atoms with Gasteiger partial charge in [-0.15, -0.1) is 0 Å². The minimum absolute atomic E-state index is 0.173. The van der Waals surface area contributed by atoms with Gasteiger partial charge in [-0.1, -0.05) is 50.1 Å². The van der Waals surface area contributed by atoms with Gasteiger partial charge in [0.1, 0.15) is 5.69 Å². The van der Waals surface area contributed by atoms with Crippen LogP contribution in [-0.4, -0.2) is 22.4 Å². The molecular formula is C23H16Br2N4O3. The van der Waals surface area contributed by atoms with E-state index in [2.05, 4.69) is 47.9 Å². The molecule has 0 saturated heterocycles. The molecule has 1 aromatic heterocycles. The van der Waals surface area contributed by atoms with Crippen LogP contribution in [0.15, 0.2) is 87.8 Å². The number of aromatic nitrogens is 1. The van der Waals surface area contributed by atoms with Gasteiger partial charge in [0, 0.05) is 25.7 Å². The number of halogens is 2. The number of benzene rings is 3. The second-order valence-electron chi connectivity index (χ2n) is 6.79. The van der Waals surface area contributed by atoms with Crippen molar-refractivity contribution >= 4 is 71.9 Å².